The van der Waals surface area contributed by atoms with Crippen LogP contribution in [0.25, 0.3) is 0 Å². The van der Waals surface area contributed by atoms with Crippen LogP contribution in [-0.4, -0.2) is 37.6 Å². The molecule has 1 unspecified atom stereocenters. The molecule has 2 aliphatic rings. The van der Waals surface area contributed by atoms with E-state index in [1.54, 1.807) is 12.1 Å². The highest BCUT2D eigenvalue weighted by Gasteiger charge is 2.52. The van der Waals surface area contributed by atoms with Gasteiger partial charge in [0.1, 0.15) is 17.7 Å². The fourth-order valence-electron chi connectivity index (χ4n) is 2.54. The summed E-state index contributed by atoms with van der Waals surface area (Å²) in [6.07, 6.45) is 0.836. The average molecular weight is 308 g/mol. The van der Waals surface area contributed by atoms with E-state index in [-0.39, 0.29) is 11.9 Å². The normalized spacial score (nSPS) is 26.4. The van der Waals surface area contributed by atoms with Crippen molar-refractivity contribution in [2.24, 2.45) is 0 Å². The van der Waals surface area contributed by atoms with Gasteiger partial charge in [0.05, 0.1) is 24.4 Å². The third-order valence-electron chi connectivity index (χ3n) is 4.67. The van der Waals surface area contributed by atoms with E-state index >= 15 is 0 Å². The van der Waals surface area contributed by atoms with Crippen molar-refractivity contribution < 1.29 is 23.2 Å². The van der Waals surface area contributed by atoms with Gasteiger partial charge in [0.15, 0.2) is 0 Å². The van der Waals surface area contributed by atoms with Gasteiger partial charge in [-0.2, -0.15) is 0 Å². The van der Waals surface area contributed by atoms with E-state index in [0.717, 1.165) is 6.42 Å². The molecule has 2 saturated heterocycles. The molecule has 3 rings (SSSR count). The molecule has 6 heteroatoms. The standard InChI is InChI=1S/C16H22BFO4/c1-15(2)16(3,4)22-17(21-15)13-6-5-11(9-14(13)18)20-12-7-8-19-10-12/h5-6,9,12H,7-8,10H2,1-4H3. The van der Waals surface area contributed by atoms with Gasteiger partial charge in [-0.05, 0) is 33.8 Å². The summed E-state index contributed by atoms with van der Waals surface area (Å²) in [5, 5.41) is 0. The van der Waals surface area contributed by atoms with Crippen LogP contribution >= 0.6 is 0 Å². The molecule has 0 amide bonds. The Labute approximate surface area is 131 Å². The van der Waals surface area contributed by atoms with Crippen molar-refractivity contribution in [1.29, 1.82) is 0 Å². The Morgan fingerprint density at radius 1 is 1.18 bits per heavy atom. The maximum atomic E-state index is 14.4. The minimum Gasteiger partial charge on any atom is -0.488 e. The molecule has 0 bridgehead atoms. The number of benzene rings is 1. The van der Waals surface area contributed by atoms with Crippen molar-refractivity contribution in [2.45, 2.75) is 51.4 Å². The van der Waals surface area contributed by atoms with E-state index in [4.69, 9.17) is 18.8 Å². The number of ether oxygens (including phenoxy) is 2. The Bertz CT molecular complexity index is 539. The second-order valence-electron chi connectivity index (χ2n) is 6.88. The summed E-state index contributed by atoms with van der Waals surface area (Å²) in [5.74, 6) is 0.128. The van der Waals surface area contributed by atoms with Crippen molar-refractivity contribution in [3.8, 4) is 5.75 Å². The van der Waals surface area contributed by atoms with Crippen LogP contribution in [0.1, 0.15) is 34.1 Å². The molecule has 0 radical (unpaired) electrons. The van der Waals surface area contributed by atoms with Crippen LogP contribution in [0.5, 0.6) is 5.75 Å². The van der Waals surface area contributed by atoms with Crippen LogP contribution in [0.4, 0.5) is 4.39 Å². The van der Waals surface area contributed by atoms with Gasteiger partial charge in [0, 0.05) is 17.9 Å². The number of hydrogen-bond donors (Lipinski definition) is 0. The minimum atomic E-state index is -0.700. The van der Waals surface area contributed by atoms with Crippen LogP contribution in [0.3, 0.4) is 0 Å². The first kappa shape index (κ1) is 15.8. The highest BCUT2D eigenvalue weighted by molar-refractivity contribution is 6.62. The Morgan fingerprint density at radius 3 is 2.41 bits per heavy atom. The van der Waals surface area contributed by atoms with E-state index in [9.17, 15) is 4.39 Å². The first-order valence-electron chi connectivity index (χ1n) is 7.68. The molecule has 1 aromatic carbocycles. The summed E-state index contributed by atoms with van der Waals surface area (Å²) in [4.78, 5) is 0. The zero-order valence-electron chi connectivity index (χ0n) is 13.5. The monoisotopic (exact) mass is 308 g/mol. The van der Waals surface area contributed by atoms with Gasteiger partial charge in [-0.15, -0.1) is 0 Å². The lowest BCUT2D eigenvalue weighted by Gasteiger charge is -2.32. The number of halogens is 1. The molecular formula is C16H22BFO4. The summed E-state index contributed by atoms with van der Waals surface area (Å²) >= 11 is 0. The number of hydrogen-bond acceptors (Lipinski definition) is 4. The topological polar surface area (TPSA) is 36.9 Å². The zero-order chi connectivity index (χ0) is 16.0. The van der Waals surface area contributed by atoms with E-state index in [1.807, 2.05) is 27.7 Å². The third-order valence-corrected chi connectivity index (χ3v) is 4.67. The van der Waals surface area contributed by atoms with Gasteiger partial charge in [-0.1, -0.05) is 6.07 Å². The third kappa shape index (κ3) is 2.87. The molecule has 2 aliphatic heterocycles. The molecule has 0 aliphatic carbocycles. The summed E-state index contributed by atoms with van der Waals surface area (Å²) in [6, 6.07) is 4.81. The van der Waals surface area contributed by atoms with Gasteiger partial charge >= 0.3 is 7.12 Å². The second kappa shape index (κ2) is 5.51. The Kier molecular flexibility index (Phi) is 3.95. The SMILES string of the molecule is CC1(C)OB(c2ccc(OC3CCOC3)cc2F)OC1(C)C. The van der Waals surface area contributed by atoms with Crippen LogP contribution in [0.15, 0.2) is 18.2 Å². The Hall–Kier alpha value is -1.11. The highest BCUT2D eigenvalue weighted by atomic mass is 19.1. The quantitative estimate of drug-likeness (QED) is 0.803. The lowest BCUT2D eigenvalue weighted by molar-refractivity contribution is 0.00578. The fraction of sp³-hybridized carbons (Fsp3) is 0.625. The van der Waals surface area contributed by atoms with Crippen LogP contribution in [0, 0.1) is 5.82 Å². The van der Waals surface area contributed by atoms with E-state index in [0.29, 0.717) is 24.4 Å². The largest absolute Gasteiger partial charge is 0.497 e. The van der Waals surface area contributed by atoms with Crippen LogP contribution in [0.2, 0.25) is 0 Å². The summed E-state index contributed by atoms with van der Waals surface area (Å²) in [6.45, 7) is 9.04. The van der Waals surface area contributed by atoms with Crippen molar-refractivity contribution >= 4 is 12.6 Å². The molecule has 0 N–H and O–H groups in total. The van der Waals surface area contributed by atoms with Gasteiger partial charge in [-0.25, -0.2) is 4.39 Å². The van der Waals surface area contributed by atoms with E-state index in [1.165, 1.54) is 6.07 Å². The summed E-state index contributed by atoms with van der Waals surface area (Å²) < 4.78 is 37.1. The van der Waals surface area contributed by atoms with E-state index in [2.05, 4.69) is 0 Å². The van der Waals surface area contributed by atoms with Gasteiger partial charge < -0.3 is 18.8 Å². The molecule has 1 aromatic rings. The maximum Gasteiger partial charge on any atom is 0.497 e. The van der Waals surface area contributed by atoms with Crippen molar-refractivity contribution in [3.63, 3.8) is 0 Å². The molecular weight excluding hydrogens is 286 g/mol. The van der Waals surface area contributed by atoms with Crippen LogP contribution < -0.4 is 10.2 Å². The van der Waals surface area contributed by atoms with Gasteiger partial charge in [0.25, 0.3) is 0 Å². The molecule has 0 aromatic heterocycles. The molecule has 1 atom stereocenters. The molecule has 2 heterocycles. The lowest BCUT2D eigenvalue weighted by Crippen LogP contribution is -2.41. The smallest absolute Gasteiger partial charge is 0.488 e. The molecule has 2 fully saturated rings. The highest BCUT2D eigenvalue weighted by Crippen LogP contribution is 2.36. The van der Waals surface area contributed by atoms with Crippen molar-refractivity contribution in [3.05, 3.63) is 24.0 Å². The van der Waals surface area contributed by atoms with Gasteiger partial charge in [0.2, 0.25) is 0 Å². The first-order valence-corrected chi connectivity index (χ1v) is 7.68. The maximum absolute atomic E-state index is 14.4. The lowest BCUT2D eigenvalue weighted by atomic mass is 9.78. The van der Waals surface area contributed by atoms with E-state index < -0.39 is 18.3 Å². The molecule has 0 saturated carbocycles. The Morgan fingerprint density at radius 2 is 1.86 bits per heavy atom. The summed E-state index contributed by atoms with van der Waals surface area (Å²) in [5.41, 5.74) is -0.574. The Balaban J connectivity index is 1.75. The second-order valence-corrected chi connectivity index (χ2v) is 6.88. The minimum absolute atomic E-state index is 0.00194. The van der Waals surface area contributed by atoms with Gasteiger partial charge in [-0.3, -0.25) is 0 Å². The van der Waals surface area contributed by atoms with Crippen molar-refractivity contribution in [1.82, 2.24) is 0 Å². The van der Waals surface area contributed by atoms with Crippen molar-refractivity contribution in [2.75, 3.05) is 13.2 Å². The predicted molar refractivity (Wildman–Crippen MR) is 82.0 cm³/mol. The first-order chi connectivity index (χ1) is 10.3. The summed E-state index contributed by atoms with van der Waals surface area (Å²) in [7, 11) is -0.700. The fourth-order valence-corrected chi connectivity index (χ4v) is 2.54. The predicted octanol–water partition coefficient (Wildman–Crippen LogP) is 2.29. The molecule has 0 spiro atoms. The molecule has 4 nitrogen and oxygen atoms in total. The molecule has 120 valence electrons. The number of rotatable bonds is 3. The molecule has 22 heavy (non-hydrogen) atoms. The van der Waals surface area contributed by atoms with Crippen LogP contribution in [-0.2, 0) is 14.0 Å². The average Bonchev–Trinajstić information content (AvgIpc) is 2.96. The zero-order valence-corrected chi connectivity index (χ0v) is 13.5.